The van der Waals surface area contributed by atoms with Gasteiger partial charge < -0.3 is 10.0 Å². The molecule has 0 atom stereocenters. The molecule has 1 N–H and O–H groups in total. The Morgan fingerprint density at radius 3 is 2.68 bits per heavy atom. The van der Waals surface area contributed by atoms with Gasteiger partial charge >= 0.3 is 5.97 Å². The van der Waals surface area contributed by atoms with Crippen molar-refractivity contribution >= 4 is 29.3 Å². The van der Waals surface area contributed by atoms with Gasteiger partial charge in [0.05, 0.1) is 4.88 Å². The minimum absolute atomic E-state index is 0.0240. The molecule has 4 nitrogen and oxygen atoms in total. The van der Waals surface area contributed by atoms with Crippen molar-refractivity contribution < 1.29 is 14.7 Å². The quantitative estimate of drug-likeness (QED) is 0.781. The number of hydrogen-bond donors (Lipinski definition) is 1. The second-order valence-corrected chi connectivity index (χ2v) is 5.23. The first-order valence-corrected chi connectivity index (χ1v) is 7.20. The van der Waals surface area contributed by atoms with E-state index >= 15 is 0 Å². The molecule has 0 aliphatic heterocycles. The van der Waals surface area contributed by atoms with Gasteiger partial charge in [-0.3, -0.25) is 4.79 Å². The minimum atomic E-state index is -0.987. The summed E-state index contributed by atoms with van der Waals surface area (Å²) in [5.74, 6) is -0.963. The molecule has 0 saturated heterocycles. The van der Waals surface area contributed by atoms with Crippen LogP contribution in [0.1, 0.15) is 41.2 Å². The number of carboxylic acid groups (broad SMARTS) is 1. The van der Waals surface area contributed by atoms with E-state index in [2.05, 4.69) is 6.92 Å². The Morgan fingerprint density at radius 2 is 2.11 bits per heavy atom. The van der Waals surface area contributed by atoms with Crippen molar-refractivity contribution in [1.29, 1.82) is 0 Å². The maximum Gasteiger partial charge on any atom is 0.328 e. The van der Waals surface area contributed by atoms with E-state index in [4.69, 9.17) is 5.11 Å². The Balaban J connectivity index is 2.73. The van der Waals surface area contributed by atoms with Gasteiger partial charge in [0.2, 0.25) is 0 Å². The fourth-order valence-corrected chi connectivity index (χ4v) is 2.50. The molecule has 5 heteroatoms. The lowest BCUT2D eigenvalue weighted by atomic mass is 10.3. The van der Waals surface area contributed by atoms with Gasteiger partial charge in [0.1, 0.15) is 0 Å². The van der Waals surface area contributed by atoms with Crippen LogP contribution < -0.4 is 0 Å². The lowest BCUT2D eigenvalue weighted by molar-refractivity contribution is -0.131. The standard InChI is InChI=1S/C14H19NO3S/c1-3-5-10-15(4-2)14(18)12-8-6-11(19-12)7-9-13(16)17/h6-9H,3-5,10H2,1-2H3,(H,16,17)/b9-7+. The first-order chi connectivity index (χ1) is 9.08. The summed E-state index contributed by atoms with van der Waals surface area (Å²) in [4.78, 5) is 25.9. The van der Waals surface area contributed by atoms with E-state index < -0.39 is 5.97 Å². The molecule has 0 radical (unpaired) electrons. The predicted octanol–water partition coefficient (Wildman–Crippen LogP) is 3.11. The van der Waals surface area contributed by atoms with Crippen LogP contribution in [0.4, 0.5) is 0 Å². The number of amides is 1. The number of hydrogen-bond acceptors (Lipinski definition) is 3. The lowest BCUT2D eigenvalue weighted by Gasteiger charge is -2.19. The van der Waals surface area contributed by atoms with Crippen LogP contribution in [0.25, 0.3) is 6.08 Å². The maximum absolute atomic E-state index is 12.2. The van der Waals surface area contributed by atoms with Crippen LogP contribution in [0.3, 0.4) is 0 Å². The molecule has 0 unspecified atom stereocenters. The van der Waals surface area contributed by atoms with E-state index in [1.165, 1.54) is 17.4 Å². The topological polar surface area (TPSA) is 57.6 Å². The molecular weight excluding hydrogens is 262 g/mol. The minimum Gasteiger partial charge on any atom is -0.478 e. The van der Waals surface area contributed by atoms with E-state index in [1.807, 2.05) is 11.8 Å². The molecule has 1 amide bonds. The molecule has 0 saturated carbocycles. The number of unbranched alkanes of at least 4 members (excludes halogenated alkanes) is 1. The van der Waals surface area contributed by atoms with Crippen LogP contribution in [-0.4, -0.2) is 35.0 Å². The summed E-state index contributed by atoms with van der Waals surface area (Å²) >= 11 is 1.32. The highest BCUT2D eigenvalue weighted by molar-refractivity contribution is 7.14. The zero-order chi connectivity index (χ0) is 14.3. The summed E-state index contributed by atoms with van der Waals surface area (Å²) in [5.41, 5.74) is 0. The SMILES string of the molecule is CCCCN(CC)C(=O)c1ccc(/C=C/C(=O)O)s1. The van der Waals surface area contributed by atoms with E-state index in [0.29, 0.717) is 11.4 Å². The molecule has 0 bridgehead atoms. The Hall–Kier alpha value is -1.62. The molecule has 104 valence electrons. The van der Waals surface area contributed by atoms with E-state index in [-0.39, 0.29) is 5.91 Å². The van der Waals surface area contributed by atoms with Crippen molar-refractivity contribution in [3.63, 3.8) is 0 Å². The van der Waals surface area contributed by atoms with Crippen molar-refractivity contribution in [2.45, 2.75) is 26.7 Å². The number of rotatable bonds is 7. The van der Waals surface area contributed by atoms with Crippen molar-refractivity contribution in [2.75, 3.05) is 13.1 Å². The average molecular weight is 281 g/mol. The van der Waals surface area contributed by atoms with Crippen LogP contribution in [0.15, 0.2) is 18.2 Å². The van der Waals surface area contributed by atoms with Gasteiger partial charge in [-0.05, 0) is 31.6 Å². The van der Waals surface area contributed by atoms with Gasteiger partial charge in [0.25, 0.3) is 5.91 Å². The number of thiophene rings is 1. The van der Waals surface area contributed by atoms with E-state index in [1.54, 1.807) is 12.1 Å². The molecule has 1 rings (SSSR count). The summed E-state index contributed by atoms with van der Waals surface area (Å²) in [6, 6.07) is 3.52. The van der Waals surface area contributed by atoms with Gasteiger partial charge in [0.15, 0.2) is 0 Å². The lowest BCUT2D eigenvalue weighted by Crippen LogP contribution is -2.31. The Morgan fingerprint density at radius 1 is 1.37 bits per heavy atom. The van der Waals surface area contributed by atoms with Gasteiger partial charge in [-0.25, -0.2) is 4.79 Å². The Bertz CT molecular complexity index is 465. The molecule has 0 aliphatic rings. The molecule has 0 spiro atoms. The van der Waals surface area contributed by atoms with Crippen LogP contribution in [0.5, 0.6) is 0 Å². The summed E-state index contributed by atoms with van der Waals surface area (Å²) in [7, 11) is 0. The van der Waals surface area contributed by atoms with Gasteiger partial charge in [-0.15, -0.1) is 11.3 Å². The van der Waals surface area contributed by atoms with Crippen LogP contribution in [0.2, 0.25) is 0 Å². The molecule has 0 aliphatic carbocycles. The first kappa shape index (κ1) is 15.4. The number of aliphatic carboxylic acids is 1. The molecule has 1 heterocycles. The molecule has 1 aromatic heterocycles. The summed E-state index contributed by atoms with van der Waals surface area (Å²) < 4.78 is 0. The molecule has 19 heavy (non-hydrogen) atoms. The molecule has 0 aromatic carbocycles. The fraction of sp³-hybridized carbons (Fsp3) is 0.429. The Kier molecular flexibility index (Phi) is 6.29. The summed E-state index contributed by atoms with van der Waals surface area (Å²) in [5, 5.41) is 8.56. The zero-order valence-electron chi connectivity index (χ0n) is 11.3. The van der Waals surface area contributed by atoms with Crippen LogP contribution in [0, 0.1) is 0 Å². The number of carboxylic acids is 1. The molecule has 1 aromatic rings. The monoisotopic (exact) mass is 281 g/mol. The summed E-state index contributed by atoms with van der Waals surface area (Å²) in [6.45, 7) is 5.52. The number of carbonyl (C=O) groups is 2. The molecular formula is C14H19NO3S. The van der Waals surface area contributed by atoms with Crippen molar-refractivity contribution in [2.24, 2.45) is 0 Å². The third kappa shape index (κ3) is 4.87. The van der Waals surface area contributed by atoms with Gasteiger partial charge in [-0.1, -0.05) is 13.3 Å². The van der Waals surface area contributed by atoms with Gasteiger partial charge in [0, 0.05) is 24.0 Å². The second kappa shape index (κ2) is 7.74. The smallest absolute Gasteiger partial charge is 0.328 e. The number of carbonyl (C=O) groups excluding carboxylic acids is 1. The number of nitrogens with zero attached hydrogens (tertiary/aromatic N) is 1. The van der Waals surface area contributed by atoms with Gasteiger partial charge in [-0.2, -0.15) is 0 Å². The predicted molar refractivity (Wildman–Crippen MR) is 77.5 cm³/mol. The zero-order valence-corrected chi connectivity index (χ0v) is 12.1. The second-order valence-electron chi connectivity index (χ2n) is 4.11. The largest absolute Gasteiger partial charge is 0.478 e. The van der Waals surface area contributed by atoms with Crippen LogP contribution in [-0.2, 0) is 4.79 Å². The van der Waals surface area contributed by atoms with Crippen molar-refractivity contribution in [1.82, 2.24) is 4.90 Å². The Labute approximate surface area is 117 Å². The van der Waals surface area contributed by atoms with Crippen molar-refractivity contribution in [3.8, 4) is 0 Å². The normalized spacial score (nSPS) is 10.8. The highest BCUT2D eigenvalue weighted by Crippen LogP contribution is 2.20. The average Bonchev–Trinajstić information content (AvgIpc) is 2.85. The van der Waals surface area contributed by atoms with Crippen LogP contribution >= 0.6 is 11.3 Å². The maximum atomic E-state index is 12.2. The first-order valence-electron chi connectivity index (χ1n) is 6.38. The third-order valence-electron chi connectivity index (χ3n) is 2.68. The van der Waals surface area contributed by atoms with E-state index in [9.17, 15) is 9.59 Å². The highest BCUT2D eigenvalue weighted by Gasteiger charge is 2.15. The van der Waals surface area contributed by atoms with E-state index in [0.717, 1.165) is 30.3 Å². The third-order valence-corrected chi connectivity index (χ3v) is 3.72. The highest BCUT2D eigenvalue weighted by atomic mass is 32.1. The van der Waals surface area contributed by atoms with Crippen molar-refractivity contribution in [3.05, 3.63) is 28.0 Å². The fourth-order valence-electron chi connectivity index (χ4n) is 1.62. The summed E-state index contributed by atoms with van der Waals surface area (Å²) in [6.07, 6.45) is 4.64. The molecule has 0 fully saturated rings.